The van der Waals surface area contributed by atoms with E-state index >= 15 is 0 Å². The fourth-order valence-corrected chi connectivity index (χ4v) is 8.69. The SMILES string of the molecule is CC1(C)c2ccccc2C2(c3ccccc3-c3cc(-c4ccc(-c5nc(-c6ccccc6)nc(-c6ccccn6)n5)cc4)ccc32)c2ccccc21. The highest BCUT2D eigenvalue weighted by atomic mass is 15.0. The molecule has 0 fully saturated rings. The molecule has 10 rings (SSSR count). The first-order valence-electron chi connectivity index (χ1n) is 17.8. The summed E-state index contributed by atoms with van der Waals surface area (Å²) < 4.78 is 0. The van der Waals surface area contributed by atoms with Crippen LogP contribution in [0.15, 0.2) is 170 Å². The number of aromatic nitrogens is 4. The van der Waals surface area contributed by atoms with Gasteiger partial charge in [0, 0.05) is 22.7 Å². The van der Waals surface area contributed by atoms with Crippen molar-refractivity contribution >= 4 is 0 Å². The Morgan fingerprint density at radius 1 is 0.365 bits per heavy atom. The molecule has 0 aliphatic heterocycles. The molecule has 0 bridgehead atoms. The molecular formula is C48H34N4. The molecule has 0 amide bonds. The fourth-order valence-electron chi connectivity index (χ4n) is 8.69. The van der Waals surface area contributed by atoms with Crippen LogP contribution >= 0.6 is 0 Å². The summed E-state index contributed by atoms with van der Waals surface area (Å²) in [6.45, 7) is 4.73. The molecule has 2 aliphatic rings. The minimum absolute atomic E-state index is 0.115. The maximum atomic E-state index is 4.92. The number of nitrogens with zero attached hydrogens (tertiary/aromatic N) is 4. The van der Waals surface area contributed by atoms with Crippen molar-refractivity contribution in [1.82, 2.24) is 19.9 Å². The van der Waals surface area contributed by atoms with E-state index in [2.05, 4.69) is 134 Å². The second kappa shape index (κ2) is 11.5. The van der Waals surface area contributed by atoms with Gasteiger partial charge in [-0.2, -0.15) is 0 Å². The smallest absolute Gasteiger partial charge is 0.182 e. The number of rotatable bonds is 4. The van der Waals surface area contributed by atoms with Crippen molar-refractivity contribution in [2.45, 2.75) is 24.7 Å². The average molecular weight is 667 g/mol. The van der Waals surface area contributed by atoms with Crippen LogP contribution in [0.1, 0.15) is 47.2 Å². The largest absolute Gasteiger partial charge is 0.253 e. The van der Waals surface area contributed by atoms with Crippen LogP contribution in [-0.2, 0) is 10.8 Å². The third-order valence-electron chi connectivity index (χ3n) is 11.1. The van der Waals surface area contributed by atoms with Crippen molar-refractivity contribution < 1.29 is 0 Å². The lowest BCUT2D eigenvalue weighted by Gasteiger charge is -2.46. The van der Waals surface area contributed by atoms with Gasteiger partial charge in [0.2, 0.25) is 0 Å². The Labute approximate surface area is 303 Å². The van der Waals surface area contributed by atoms with Gasteiger partial charge < -0.3 is 0 Å². The highest BCUT2D eigenvalue weighted by Crippen LogP contribution is 2.62. The minimum Gasteiger partial charge on any atom is -0.253 e. The zero-order valence-corrected chi connectivity index (χ0v) is 29.0. The molecule has 8 aromatic rings. The number of fused-ring (bicyclic) bond motifs is 9. The Morgan fingerprint density at radius 3 is 1.52 bits per heavy atom. The lowest BCUT2D eigenvalue weighted by Crippen LogP contribution is -2.40. The molecule has 0 radical (unpaired) electrons. The van der Waals surface area contributed by atoms with E-state index in [4.69, 9.17) is 15.0 Å². The van der Waals surface area contributed by atoms with Crippen molar-refractivity contribution in [3.8, 4) is 56.5 Å². The zero-order chi connectivity index (χ0) is 34.9. The van der Waals surface area contributed by atoms with Crippen molar-refractivity contribution in [2.24, 2.45) is 0 Å². The van der Waals surface area contributed by atoms with Gasteiger partial charge in [0.05, 0.1) is 5.41 Å². The van der Waals surface area contributed by atoms with E-state index in [9.17, 15) is 0 Å². The van der Waals surface area contributed by atoms with Crippen LogP contribution in [-0.4, -0.2) is 19.9 Å². The summed E-state index contributed by atoms with van der Waals surface area (Å²) in [6.07, 6.45) is 1.76. The molecular weight excluding hydrogens is 633 g/mol. The van der Waals surface area contributed by atoms with Gasteiger partial charge in [-0.15, -0.1) is 0 Å². The first-order chi connectivity index (χ1) is 25.5. The second-order valence-corrected chi connectivity index (χ2v) is 14.2. The van der Waals surface area contributed by atoms with Gasteiger partial charge in [-0.1, -0.05) is 159 Å². The highest BCUT2D eigenvalue weighted by Gasteiger charge is 2.53. The minimum atomic E-state index is -0.391. The molecule has 246 valence electrons. The van der Waals surface area contributed by atoms with E-state index in [1.54, 1.807) is 6.20 Å². The van der Waals surface area contributed by atoms with Crippen LogP contribution in [0.25, 0.3) is 56.5 Å². The van der Waals surface area contributed by atoms with E-state index < -0.39 is 5.41 Å². The number of hydrogen-bond donors (Lipinski definition) is 0. The van der Waals surface area contributed by atoms with Gasteiger partial charge >= 0.3 is 0 Å². The maximum Gasteiger partial charge on any atom is 0.182 e. The zero-order valence-electron chi connectivity index (χ0n) is 29.0. The molecule has 0 N–H and O–H groups in total. The summed E-state index contributed by atoms with van der Waals surface area (Å²) in [6, 6.07) is 58.6. The Hall–Kier alpha value is -6.52. The van der Waals surface area contributed by atoms with Crippen LogP contribution in [0.3, 0.4) is 0 Å². The molecule has 4 heteroatoms. The Kier molecular flexibility index (Phi) is 6.71. The summed E-state index contributed by atoms with van der Waals surface area (Å²) in [5.41, 5.74) is 15.1. The Bertz CT molecular complexity index is 2540. The quantitative estimate of drug-likeness (QED) is 0.188. The molecule has 2 heterocycles. The molecule has 0 unspecified atom stereocenters. The van der Waals surface area contributed by atoms with Crippen LogP contribution < -0.4 is 0 Å². The van der Waals surface area contributed by atoms with E-state index in [0.29, 0.717) is 23.2 Å². The average Bonchev–Trinajstić information content (AvgIpc) is 3.51. The standard InChI is InChI=1S/C48H34N4/c1-47(2)39-18-8-10-20-41(39)48(42-21-11-9-19-40(42)47)37-17-7-6-16-35(37)36-30-34(27-28-38(36)48)31-23-25-33(26-24-31)45-50-44(32-14-4-3-5-15-32)51-46(52-45)43-22-12-13-29-49-43/h3-30H,1-2H3. The summed E-state index contributed by atoms with van der Waals surface area (Å²) in [7, 11) is 0. The van der Waals surface area contributed by atoms with Crippen LogP contribution in [0.4, 0.5) is 0 Å². The van der Waals surface area contributed by atoms with Crippen molar-refractivity contribution in [3.05, 3.63) is 203 Å². The predicted octanol–water partition coefficient (Wildman–Crippen LogP) is 10.9. The lowest BCUT2D eigenvalue weighted by molar-refractivity contribution is 0.563. The van der Waals surface area contributed by atoms with Gasteiger partial charge in [0.25, 0.3) is 0 Å². The molecule has 2 aromatic heterocycles. The van der Waals surface area contributed by atoms with Gasteiger partial charge in [-0.05, 0) is 73.8 Å². The van der Waals surface area contributed by atoms with Crippen LogP contribution in [0.2, 0.25) is 0 Å². The second-order valence-electron chi connectivity index (χ2n) is 14.2. The number of benzene rings is 6. The molecule has 2 aliphatic carbocycles. The van der Waals surface area contributed by atoms with E-state index in [1.807, 2.05) is 48.5 Å². The first kappa shape index (κ1) is 30.3. The summed E-state index contributed by atoms with van der Waals surface area (Å²) >= 11 is 0. The predicted molar refractivity (Wildman–Crippen MR) is 209 cm³/mol. The molecule has 0 saturated heterocycles. The molecule has 6 aromatic carbocycles. The Balaban J connectivity index is 1.10. The van der Waals surface area contributed by atoms with Gasteiger partial charge in [0.15, 0.2) is 17.5 Å². The molecule has 52 heavy (non-hydrogen) atoms. The fraction of sp³-hybridized carbons (Fsp3) is 0.0833. The summed E-state index contributed by atoms with van der Waals surface area (Å²) in [5, 5.41) is 0. The van der Waals surface area contributed by atoms with Gasteiger partial charge in [-0.25, -0.2) is 15.0 Å². The van der Waals surface area contributed by atoms with Crippen molar-refractivity contribution in [2.75, 3.05) is 0 Å². The molecule has 0 saturated carbocycles. The third kappa shape index (κ3) is 4.40. The summed E-state index contributed by atoms with van der Waals surface area (Å²) in [5.74, 6) is 1.79. The maximum absolute atomic E-state index is 4.92. The molecule has 4 nitrogen and oxygen atoms in total. The third-order valence-corrected chi connectivity index (χ3v) is 11.1. The van der Waals surface area contributed by atoms with Crippen molar-refractivity contribution in [3.63, 3.8) is 0 Å². The lowest BCUT2D eigenvalue weighted by atomic mass is 9.55. The van der Waals surface area contributed by atoms with E-state index in [-0.39, 0.29) is 5.41 Å². The Morgan fingerprint density at radius 2 is 0.865 bits per heavy atom. The monoisotopic (exact) mass is 666 g/mol. The molecule has 0 atom stereocenters. The first-order valence-corrected chi connectivity index (χ1v) is 17.8. The normalized spacial score (nSPS) is 14.3. The van der Waals surface area contributed by atoms with E-state index in [0.717, 1.165) is 16.7 Å². The number of hydrogen-bond acceptors (Lipinski definition) is 4. The number of pyridine rings is 1. The van der Waals surface area contributed by atoms with Gasteiger partial charge in [0.1, 0.15) is 5.69 Å². The summed E-state index contributed by atoms with van der Waals surface area (Å²) in [4.78, 5) is 19.1. The van der Waals surface area contributed by atoms with Gasteiger partial charge in [-0.3, -0.25) is 4.98 Å². The molecule has 1 spiro atoms. The highest BCUT2D eigenvalue weighted by molar-refractivity contribution is 5.90. The van der Waals surface area contributed by atoms with Crippen LogP contribution in [0.5, 0.6) is 0 Å². The van der Waals surface area contributed by atoms with E-state index in [1.165, 1.54) is 50.1 Å². The van der Waals surface area contributed by atoms with Crippen LogP contribution in [0, 0.1) is 0 Å². The van der Waals surface area contributed by atoms with Crippen molar-refractivity contribution in [1.29, 1.82) is 0 Å². The topological polar surface area (TPSA) is 51.6 Å².